The van der Waals surface area contributed by atoms with Crippen LogP contribution in [-0.2, 0) is 9.59 Å². The standard InChI is InChI=1S/C31H34N2O3/c34-30(29(24-13-6-2-7-14-24)25-15-8-3-9-16-25)33(27-18-19-32-28(21-27)31(35)36)20-10-17-26(22-33)23-11-4-1-5-12-23/h1-9,11-16,26-29,32H,10,17-22H2/p+1/t26-,27-,28+,33?/m1/s1. The summed E-state index contributed by atoms with van der Waals surface area (Å²) in [5.41, 5.74) is 3.26. The molecule has 0 aliphatic carbocycles. The van der Waals surface area contributed by atoms with Crippen molar-refractivity contribution in [2.75, 3.05) is 19.6 Å². The van der Waals surface area contributed by atoms with Crippen LogP contribution in [0.1, 0.15) is 54.2 Å². The van der Waals surface area contributed by atoms with Gasteiger partial charge in [0.2, 0.25) is 0 Å². The Morgan fingerprint density at radius 2 is 1.42 bits per heavy atom. The van der Waals surface area contributed by atoms with Crippen molar-refractivity contribution in [1.29, 1.82) is 0 Å². The maximum atomic E-state index is 15.0. The predicted octanol–water partition coefficient (Wildman–Crippen LogP) is 4.94. The van der Waals surface area contributed by atoms with Crippen LogP contribution in [0.4, 0.5) is 0 Å². The van der Waals surface area contributed by atoms with E-state index in [-0.39, 0.29) is 23.8 Å². The molecule has 2 fully saturated rings. The molecule has 1 unspecified atom stereocenters. The van der Waals surface area contributed by atoms with Crippen molar-refractivity contribution in [3.8, 4) is 0 Å². The van der Waals surface area contributed by atoms with Crippen LogP contribution >= 0.6 is 0 Å². The Hall–Kier alpha value is -3.28. The zero-order chi connectivity index (χ0) is 25.0. The number of carbonyl (C=O) groups is 2. The van der Waals surface area contributed by atoms with E-state index in [1.54, 1.807) is 0 Å². The summed E-state index contributed by atoms with van der Waals surface area (Å²) in [5.74, 6) is -0.747. The molecule has 3 aromatic carbocycles. The summed E-state index contributed by atoms with van der Waals surface area (Å²) in [6.07, 6.45) is 3.27. The highest BCUT2D eigenvalue weighted by atomic mass is 16.4. The van der Waals surface area contributed by atoms with Gasteiger partial charge in [-0.3, -0.25) is 9.28 Å². The number of aliphatic carboxylic acids is 1. The van der Waals surface area contributed by atoms with Gasteiger partial charge in [-0.05, 0) is 29.5 Å². The zero-order valence-corrected chi connectivity index (χ0v) is 20.6. The first-order chi connectivity index (χ1) is 17.6. The van der Waals surface area contributed by atoms with Crippen molar-refractivity contribution in [3.63, 3.8) is 0 Å². The predicted molar refractivity (Wildman–Crippen MR) is 141 cm³/mol. The van der Waals surface area contributed by atoms with Gasteiger partial charge in [0.15, 0.2) is 0 Å². The quantitative estimate of drug-likeness (QED) is 0.487. The third-order valence-corrected chi connectivity index (χ3v) is 8.25. The Balaban J connectivity index is 1.60. The Labute approximate surface area is 213 Å². The minimum atomic E-state index is -0.829. The van der Waals surface area contributed by atoms with E-state index in [0.717, 1.165) is 43.5 Å². The summed E-state index contributed by atoms with van der Waals surface area (Å²) in [6.45, 7) is 2.09. The maximum absolute atomic E-state index is 15.0. The van der Waals surface area contributed by atoms with Crippen LogP contribution < -0.4 is 5.32 Å². The zero-order valence-electron chi connectivity index (χ0n) is 20.6. The van der Waals surface area contributed by atoms with Crippen molar-refractivity contribution < 1.29 is 19.2 Å². The highest BCUT2D eigenvalue weighted by molar-refractivity contribution is 5.82. The van der Waals surface area contributed by atoms with Crippen LogP contribution in [0.5, 0.6) is 0 Å². The van der Waals surface area contributed by atoms with Crippen LogP contribution in [0, 0.1) is 0 Å². The number of rotatable bonds is 6. The summed E-state index contributed by atoms with van der Waals surface area (Å²) in [7, 11) is 0. The number of nitrogens with one attached hydrogen (secondary N) is 1. The van der Waals surface area contributed by atoms with Crippen molar-refractivity contribution in [2.45, 2.75) is 49.6 Å². The fourth-order valence-corrected chi connectivity index (χ4v) is 6.46. The summed E-state index contributed by atoms with van der Waals surface area (Å²) in [4.78, 5) is 26.9. The van der Waals surface area contributed by atoms with Gasteiger partial charge >= 0.3 is 11.9 Å². The normalized spacial score (nSPS) is 26.4. The lowest BCUT2D eigenvalue weighted by Gasteiger charge is -2.50. The molecule has 2 N–H and O–H groups in total. The highest BCUT2D eigenvalue weighted by Gasteiger charge is 2.52. The van der Waals surface area contributed by atoms with Crippen molar-refractivity contribution in [2.24, 2.45) is 0 Å². The van der Waals surface area contributed by atoms with Crippen LogP contribution in [0.15, 0.2) is 91.0 Å². The lowest BCUT2D eigenvalue weighted by molar-refractivity contribution is -0.887. The number of quaternary nitrogens is 1. The van der Waals surface area contributed by atoms with Crippen molar-refractivity contribution in [3.05, 3.63) is 108 Å². The fourth-order valence-electron chi connectivity index (χ4n) is 6.46. The molecule has 0 spiro atoms. The van der Waals surface area contributed by atoms with Gasteiger partial charge in [-0.1, -0.05) is 91.0 Å². The second-order valence-electron chi connectivity index (χ2n) is 10.3. The van der Waals surface area contributed by atoms with E-state index < -0.39 is 12.0 Å². The van der Waals surface area contributed by atoms with E-state index in [1.165, 1.54) is 5.56 Å². The molecule has 0 saturated carbocycles. The smallest absolute Gasteiger partial charge is 0.325 e. The number of amides is 1. The average molecular weight is 484 g/mol. The lowest BCUT2D eigenvalue weighted by atomic mass is 9.81. The number of likely N-dealkylation sites (tertiary alicyclic amines) is 1. The molecule has 4 atom stereocenters. The molecule has 2 aliphatic heterocycles. The summed E-state index contributed by atoms with van der Waals surface area (Å²) in [5, 5.41) is 13.0. The lowest BCUT2D eigenvalue weighted by Crippen LogP contribution is -2.67. The molecular weight excluding hydrogens is 448 g/mol. The average Bonchev–Trinajstić information content (AvgIpc) is 2.95. The van der Waals surface area contributed by atoms with Gasteiger partial charge in [0.05, 0.1) is 19.1 Å². The minimum absolute atomic E-state index is 0.0266. The number of hydrogen-bond acceptors (Lipinski definition) is 3. The van der Waals surface area contributed by atoms with E-state index >= 15 is 0 Å². The molecule has 1 amide bonds. The number of nitrogens with zero attached hydrogens (tertiary/aromatic N) is 1. The maximum Gasteiger partial charge on any atom is 0.325 e. The molecule has 0 aromatic heterocycles. The molecule has 186 valence electrons. The molecular formula is C31H35N2O3+. The van der Waals surface area contributed by atoms with Gasteiger partial charge < -0.3 is 10.4 Å². The van der Waals surface area contributed by atoms with Gasteiger partial charge in [-0.25, -0.2) is 4.79 Å². The van der Waals surface area contributed by atoms with Crippen LogP contribution in [0.25, 0.3) is 0 Å². The van der Waals surface area contributed by atoms with Crippen molar-refractivity contribution in [1.82, 2.24) is 5.32 Å². The number of piperidine rings is 2. The SMILES string of the molecule is O=C(O)[C@@H]1C[C@H]([N+]2(C(=O)C(c3ccccc3)c3ccccc3)CCC[C@@H](c3ccccc3)C2)CCN1. The monoisotopic (exact) mass is 483 g/mol. The number of carbonyl (C=O) groups excluding carboxylic acids is 1. The third kappa shape index (κ3) is 4.86. The van der Waals surface area contributed by atoms with Gasteiger partial charge in [-0.2, -0.15) is 0 Å². The van der Waals surface area contributed by atoms with E-state index in [2.05, 4.69) is 29.6 Å². The molecule has 5 nitrogen and oxygen atoms in total. The van der Waals surface area contributed by atoms with Gasteiger partial charge in [-0.15, -0.1) is 0 Å². The van der Waals surface area contributed by atoms with Gasteiger partial charge in [0, 0.05) is 25.3 Å². The molecule has 5 heteroatoms. The number of carboxylic acids is 1. The molecule has 36 heavy (non-hydrogen) atoms. The van der Waals surface area contributed by atoms with Crippen LogP contribution in [0.3, 0.4) is 0 Å². The topological polar surface area (TPSA) is 66.4 Å². The Morgan fingerprint density at radius 3 is 2.00 bits per heavy atom. The molecule has 0 radical (unpaired) electrons. The molecule has 2 aliphatic rings. The first-order valence-electron chi connectivity index (χ1n) is 13.1. The first-order valence-corrected chi connectivity index (χ1v) is 13.1. The third-order valence-electron chi connectivity index (χ3n) is 8.25. The van der Waals surface area contributed by atoms with Gasteiger partial charge in [0.25, 0.3) is 0 Å². The van der Waals surface area contributed by atoms with Gasteiger partial charge in [0.1, 0.15) is 12.0 Å². The second kappa shape index (κ2) is 10.8. The highest BCUT2D eigenvalue weighted by Crippen LogP contribution is 2.41. The second-order valence-corrected chi connectivity index (χ2v) is 10.3. The minimum Gasteiger partial charge on any atom is -0.480 e. The Kier molecular flexibility index (Phi) is 7.30. The Morgan fingerprint density at radius 1 is 0.833 bits per heavy atom. The number of carboxylic acid groups (broad SMARTS) is 1. The number of hydrogen-bond donors (Lipinski definition) is 2. The van der Waals surface area contributed by atoms with E-state index in [9.17, 15) is 14.7 Å². The van der Waals surface area contributed by atoms with E-state index in [4.69, 9.17) is 0 Å². The van der Waals surface area contributed by atoms with Crippen LogP contribution in [0.2, 0.25) is 0 Å². The van der Waals surface area contributed by atoms with Crippen molar-refractivity contribution >= 4 is 11.9 Å². The Bertz CT molecular complexity index is 1130. The molecule has 5 rings (SSSR count). The van der Waals surface area contributed by atoms with Crippen LogP contribution in [-0.4, -0.2) is 53.2 Å². The number of benzene rings is 3. The first kappa shape index (κ1) is 24.4. The summed E-state index contributed by atoms with van der Waals surface area (Å²) >= 11 is 0. The molecule has 2 heterocycles. The summed E-state index contributed by atoms with van der Waals surface area (Å²) < 4.78 is 0.347. The molecule has 2 saturated heterocycles. The van der Waals surface area contributed by atoms with E-state index in [1.807, 2.05) is 66.7 Å². The fraction of sp³-hybridized carbons (Fsp3) is 0.355. The molecule has 0 bridgehead atoms. The van der Waals surface area contributed by atoms with E-state index in [0.29, 0.717) is 17.4 Å². The molecule has 3 aromatic rings. The summed E-state index contributed by atoms with van der Waals surface area (Å²) in [6, 6.07) is 30.0. The largest absolute Gasteiger partial charge is 0.480 e.